The maximum absolute atomic E-state index is 9.49. The van der Waals surface area contributed by atoms with Gasteiger partial charge in [0.15, 0.2) is 16.5 Å². The molecule has 0 aliphatic carbocycles. The number of aromatic nitrogens is 2. The molecule has 4 rings (SSSR count). The Hall–Kier alpha value is -3.50. The van der Waals surface area contributed by atoms with Gasteiger partial charge in [-0.25, -0.2) is 4.98 Å². The molecule has 0 radical (unpaired) electrons. The number of benzene rings is 2. The van der Waals surface area contributed by atoms with Crippen LogP contribution in [0.1, 0.15) is 5.69 Å². The van der Waals surface area contributed by atoms with E-state index < -0.39 is 0 Å². The smallest absolute Gasteiger partial charge is 0.195 e. The van der Waals surface area contributed by atoms with E-state index in [1.54, 1.807) is 21.3 Å². The zero-order valence-electron chi connectivity index (χ0n) is 16.3. The average molecular weight is 405 g/mol. The fraction of sp³-hybridized carbons (Fsp3) is 0.182. The molecule has 0 saturated heterocycles. The summed E-state index contributed by atoms with van der Waals surface area (Å²) in [7, 11) is 4.86. The number of imidazole rings is 1. The highest BCUT2D eigenvalue weighted by Crippen LogP contribution is 2.38. The number of thiazole rings is 1. The summed E-state index contributed by atoms with van der Waals surface area (Å²) in [5.74, 6) is 2.04. The van der Waals surface area contributed by atoms with Crippen LogP contribution in [0.4, 0.5) is 0 Å². The molecule has 2 heterocycles. The highest BCUT2D eigenvalue weighted by Gasteiger charge is 2.21. The van der Waals surface area contributed by atoms with E-state index >= 15 is 0 Å². The van der Waals surface area contributed by atoms with E-state index in [9.17, 15) is 5.26 Å². The number of hydrogen-bond acceptors (Lipinski definition) is 6. The molecule has 0 bridgehead atoms. The van der Waals surface area contributed by atoms with Gasteiger partial charge in [-0.3, -0.25) is 4.40 Å². The van der Waals surface area contributed by atoms with Crippen molar-refractivity contribution in [3.63, 3.8) is 0 Å². The van der Waals surface area contributed by atoms with E-state index in [2.05, 4.69) is 6.07 Å². The van der Waals surface area contributed by atoms with Gasteiger partial charge < -0.3 is 14.2 Å². The molecule has 29 heavy (non-hydrogen) atoms. The van der Waals surface area contributed by atoms with Crippen molar-refractivity contribution < 1.29 is 14.2 Å². The van der Waals surface area contributed by atoms with Crippen molar-refractivity contribution in [1.29, 1.82) is 5.26 Å². The Bertz CT molecular complexity index is 1220. The van der Waals surface area contributed by atoms with E-state index in [0.717, 1.165) is 38.9 Å². The third kappa shape index (κ3) is 3.18. The monoisotopic (exact) mass is 405 g/mol. The van der Waals surface area contributed by atoms with Gasteiger partial charge in [0.25, 0.3) is 0 Å². The first-order valence-corrected chi connectivity index (χ1v) is 9.81. The van der Waals surface area contributed by atoms with Crippen molar-refractivity contribution in [2.45, 2.75) is 6.42 Å². The minimum atomic E-state index is 0.228. The minimum Gasteiger partial charge on any atom is -0.496 e. The van der Waals surface area contributed by atoms with E-state index in [0.29, 0.717) is 11.5 Å². The van der Waals surface area contributed by atoms with Gasteiger partial charge in [0, 0.05) is 16.5 Å². The number of fused-ring (bicyclic) bond motifs is 1. The zero-order chi connectivity index (χ0) is 20.4. The Morgan fingerprint density at radius 1 is 1.00 bits per heavy atom. The molecule has 0 N–H and O–H groups in total. The lowest BCUT2D eigenvalue weighted by molar-refractivity contribution is 0.355. The van der Waals surface area contributed by atoms with E-state index in [1.165, 1.54) is 11.3 Å². The van der Waals surface area contributed by atoms with Crippen LogP contribution in [0.5, 0.6) is 17.2 Å². The van der Waals surface area contributed by atoms with Gasteiger partial charge >= 0.3 is 0 Å². The van der Waals surface area contributed by atoms with Crippen molar-refractivity contribution in [1.82, 2.24) is 9.38 Å². The highest BCUT2D eigenvalue weighted by atomic mass is 32.1. The summed E-state index contributed by atoms with van der Waals surface area (Å²) in [4.78, 5) is 5.65. The third-order valence-corrected chi connectivity index (χ3v) is 5.57. The van der Waals surface area contributed by atoms with Crippen LogP contribution in [0, 0.1) is 11.3 Å². The topological polar surface area (TPSA) is 68.8 Å². The number of nitrogens with zero attached hydrogens (tertiary/aromatic N) is 3. The second kappa shape index (κ2) is 7.86. The van der Waals surface area contributed by atoms with Crippen molar-refractivity contribution in [3.8, 4) is 45.8 Å². The molecule has 0 unspecified atom stereocenters. The number of methoxy groups -OCH3 is 3. The molecule has 0 spiro atoms. The predicted molar refractivity (Wildman–Crippen MR) is 113 cm³/mol. The van der Waals surface area contributed by atoms with Crippen LogP contribution in [0.15, 0.2) is 47.8 Å². The Morgan fingerprint density at radius 3 is 2.48 bits per heavy atom. The molecular formula is C22H19N3O3S. The van der Waals surface area contributed by atoms with Crippen LogP contribution in [-0.2, 0) is 6.42 Å². The number of para-hydroxylation sites is 1. The number of ether oxygens (including phenoxy) is 3. The van der Waals surface area contributed by atoms with Crippen molar-refractivity contribution in [2.24, 2.45) is 0 Å². The molecule has 0 amide bonds. The summed E-state index contributed by atoms with van der Waals surface area (Å²) in [6.07, 6.45) is 0.228. The highest BCUT2D eigenvalue weighted by molar-refractivity contribution is 7.15. The maximum Gasteiger partial charge on any atom is 0.195 e. The summed E-state index contributed by atoms with van der Waals surface area (Å²) in [6.45, 7) is 0. The van der Waals surface area contributed by atoms with Gasteiger partial charge in [-0.2, -0.15) is 5.26 Å². The molecular weight excluding hydrogens is 386 g/mol. The second-order valence-corrected chi connectivity index (χ2v) is 7.09. The lowest BCUT2D eigenvalue weighted by atomic mass is 10.1. The Kier molecular flexibility index (Phi) is 5.10. The van der Waals surface area contributed by atoms with Crippen molar-refractivity contribution in [3.05, 3.63) is 53.5 Å². The first-order valence-electron chi connectivity index (χ1n) is 8.93. The summed E-state index contributed by atoms with van der Waals surface area (Å²) in [5.41, 5.74) is 4.37. The molecule has 6 nitrogen and oxygen atoms in total. The molecule has 146 valence electrons. The third-order valence-electron chi connectivity index (χ3n) is 4.75. The fourth-order valence-electron chi connectivity index (χ4n) is 3.41. The van der Waals surface area contributed by atoms with Crippen LogP contribution in [-0.4, -0.2) is 30.7 Å². The Labute approximate surface area is 172 Å². The van der Waals surface area contributed by atoms with Gasteiger partial charge in [0.1, 0.15) is 5.75 Å². The quantitative estimate of drug-likeness (QED) is 0.460. The zero-order valence-corrected chi connectivity index (χ0v) is 17.1. The largest absolute Gasteiger partial charge is 0.496 e. The van der Waals surface area contributed by atoms with Crippen LogP contribution < -0.4 is 14.2 Å². The minimum absolute atomic E-state index is 0.228. The lowest BCUT2D eigenvalue weighted by Crippen LogP contribution is -1.97. The molecule has 0 aliphatic rings. The van der Waals surface area contributed by atoms with Gasteiger partial charge in [0.2, 0.25) is 0 Å². The Morgan fingerprint density at radius 2 is 1.76 bits per heavy atom. The van der Waals surface area contributed by atoms with Gasteiger partial charge in [-0.1, -0.05) is 12.1 Å². The SMILES string of the molecule is COc1ccc(-c2csc3nc(-c4ccccc4OC)c(CC#N)n23)cc1OC. The van der Waals surface area contributed by atoms with Crippen molar-refractivity contribution in [2.75, 3.05) is 21.3 Å². The number of nitriles is 1. The molecule has 0 aliphatic heterocycles. The van der Waals surface area contributed by atoms with E-state index in [1.807, 2.05) is 52.2 Å². The van der Waals surface area contributed by atoms with Crippen molar-refractivity contribution >= 4 is 16.3 Å². The molecule has 2 aromatic heterocycles. The molecule has 0 saturated carbocycles. The first kappa shape index (κ1) is 18.8. The van der Waals surface area contributed by atoms with Gasteiger partial charge in [-0.15, -0.1) is 11.3 Å². The predicted octanol–water partition coefficient (Wildman–Crippen LogP) is 4.82. The van der Waals surface area contributed by atoms with Crippen LogP contribution in [0.2, 0.25) is 0 Å². The second-order valence-electron chi connectivity index (χ2n) is 6.25. The summed E-state index contributed by atoms with van der Waals surface area (Å²) >= 11 is 1.53. The summed E-state index contributed by atoms with van der Waals surface area (Å²) < 4.78 is 18.4. The molecule has 0 fully saturated rings. The average Bonchev–Trinajstić information content (AvgIpc) is 3.33. The molecule has 2 aromatic carbocycles. The number of hydrogen-bond donors (Lipinski definition) is 0. The molecule has 0 atom stereocenters. The standard InChI is InChI=1S/C22H19N3O3S/c1-26-18-7-5-4-6-15(18)21-16(10-11-23)25-17(13-29-22(25)24-21)14-8-9-19(27-2)20(12-14)28-3/h4-9,12-13H,10H2,1-3H3. The fourth-order valence-corrected chi connectivity index (χ4v) is 4.32. The van der Waals surface area contributed by atoms with Crippen LogP contribution in [0.25, 0.3) is 27.5 Å². The van der Waals surface area contributed by atoms with E-state index in [-0.39, 0.29) is 6.42 Å². The molecule has 4 aromatic rings. The number of rotatable bonds is 6. The first-order chi connectivity index (χ1) is 14.2. The van der Waals surface area contributed by atoms with Gasteiger partial charge in [-0.05, 0) is 30.3 Å². The van der Waals surface area contributed by atoms with Crippen LogP contribution in [0.3, 0.4) is 0 Å². The summed E-state index contributed by atoms with van der Waals surface area (Å²) in [6, 6.07) is 15.8. The lowest BCUT2D eigenvalue weighted by Gasteiger charge is -2.10. The molecule has 7 heteroatoms. The Balaban J connectivity index is 1.95. The van der Waals surface area contributed by atoms with Crippen LogP contribution >= 0.6 is 11.3 Å². The van der Waals surface area contributed by atoms with Gasteiger partial charge in [0.05, 0.1) is 50.9 Å². The van der Waals surface area contributed by atoms with E-state index in [4.69, 9.17) is 19.2 Å². The normalized spacial score (nSPS) is 10.7. The summed E-state index contributed by atoms with van der Waals surface area (Å²) in [5, 5.41) is 11.5. The maximum atomic E-state index is 9.49.